The van der Waals surface area contributed by atoms with E-state index >= 15 is 0 Å². The van der Waals surface area contributed by atoms with E-state index < -0.39 is 0 Å². The minimum absolute atomic E-state index is 0.345. The second kappa shape index (κ2) is 4.97. The van der Waals surface area contributed by atoms with Gasteiger partial charge in [0.15, 0.2) is 0 Å². The van der Waals surface area contributed by atoms with Gasteiger partial charge in [-0.2, -0.15) is 0 Å². The highest BCUT2D eigenvalue weighted by molar-refractivity contribution is 7.13. The number of rotatable bonds is 3. The molecule has 0 unspecified atom stereocenters. The number of nitrogens with two attached hydrogens (primary N) is 1. The molecule has 0 aliphatic carbocycles. The molecule has 0 radical (unpaired) electrons. The Morgan fingerprint density at radius 3 is 2.44 bits per heavy atom. The van der Waals surface area contributed by atoms with Gasteiger partial charge >= 0.3 is 0 Å². The SMILES string of the molecule is NCc1nnc(Oc2cc(Cl)cc(Cl)c2)s1. The van der Waals surface area contributed by atoms with E-state index in [-0.39, 0.29) is 0 Å². The molecule has 0 aliphatic heterocycles. The summed E-state index contributed by atoms with van der Waals surface area (Å²) in [7, 11) is 0. The molecule has 2 rings (SSSR count). The van der Waals surface area contributed by atoms with Crippen LogP contribution in [0.15, 0.2) is 18.2 Å². The molecule has 0 aliphatic rings. The highest BCUT2D eigenvalue weighted by atomic mass is 35.5. The van der Waals surface area contributed by atoms with Crippen LogP contribution in [0.4, 0.5) is 0 Å². The maximum Gasteiger partial charge on any atom is 0.299 e. The van der Waals surface area contributed by atoms with Crippen LogP contribution in [0.1, 0.15) is 5.01 Å². The third kappa shape index (κ3) is 2.82. The number of aromatic nitrogens is 2. The van der Waals surface area contributed by atoms with E-state index in [1.165, 1.54) is 11.3 Å². The number of hydrogen-bond donors (Lipinski definition) is 1. The highest BCUT2D eigenvalue weighted by Gasteiger charge is 2.06. The van der Waals surface area contributed by atoms with Crippen molar-refractivity contribution in [3.63, 3.8) is 0 Å². The summed E-state index contributed by atoms with van der Waals surface area (Å²) >= 11 is 12.9. The molecule has 0 fully saturated rings. The molecule has 0 amide bonds. The van der Waals surface area contributed by atoms with Gasteiger partial charge in [0.25, 0.3) is 5.19 Å². The van der Waals surface area contributed by atoms with Crippen LogP contribution in [0.3, 0.4) is 0 Å². The van der Waals surface area contributed by atoms with E-state index in [0.717, 1.165) is 0 Å². The molecule has 0 bridgehead atoms. The van der Waals surface area contributed by atoms with E-state index in [2.05, 4.69) is 10.2 Å². The second-order valence-corrected chi connectivity index (χ2v) is 4.77. The van der Waals surface area contributed by atoms with Gasteiger partial charge < -0.3 is 10.5 Å². The maximum atomic E-state index is 5.83. The fourth-order valence-corrected chi connectivity index (χ4v) is 2.14. The molecule has 0 saturated heterocycles. The van der Waals surface area contributed by atoms with Crippen LogP contribution in [0.5, 0.6) is 10.9 Å². The monoisotopic (exact) mass is 275 g/mol. The number of hydrogen-bond acceptors (Lipinski definition) is 5. The fraction of sp³-hybridized carbons (Fsp3) is 0.111. The molecule has 0 atom stereocenters. The lowest BCUT2D eigenvalue weighted by Crippen LogP contribution is -1.94. The van der Waals surface area contributed by atoms with Gasteiger partial charge in [-0.1, -0.05) is 39.6 Å². The van der Waals surface area contributed by atoms with Gasteiger partial charge in [-0.15, -0.1) is 5.10 Å². The Hall–Kier alpha value is -0.880. The summed E-state index contributed by atoms with van der Waals surface area (Å²) in [6, 6.07) is 4.93. The summed E-state index contributed by atoms with van der Waals surface area (Å²) < 4.78 is 5.44. The minimum Gasteiger partial charge on any atom is -0.430 e. The summed E-state index contributed by atoms with van der Waals surface area (Å²) in [5.74, 6) is 0.525. The molecule has 1 heterocycles. The van der Waals surface area contributed by atoms with E-state index in [0.29, 0.717) is 32.5 Å². The number of nitrogens with zero attached hydrogens (tertiary/aromatic N) is 2. The summed E-state index contributed by atoms with van der Waals surface area (Å²) in [4.78, 5) is 0. The lowest BCUT2D eigenvalue weighted by Gasteiger charge is -2.01. The Kier molecular flexibility index (Phi) is 3.60. The maximum absolute atomic E-state index is 5.83. The zero-order valence-corrected chi connectivity index (χ0v) is 10.3. The van der Waals surface area contributed by atoms with Crippen molar-refractivity contribution in [2.24, 2.45) is 5.73 Å². The molecular formula is C9H7Cl2N3OS. The molecule has 7 heteroatoms. The molecule has 84 valence electrons. The first kappa shape index (κ1) is 11.6. The highest BCUT2D eigenvalue weighted by Crippen LogP contribution is 2.29. The van der Waals surface area contributed by atoms with Crippen LogP contribution in [0, 0.1) is 0 Å². The third-order valence-corrected chi connectivity index (χ3v) is 2.92. The van der Waals surface area contributed by atoms with Crippen molar-refractivity contribution in [1.82, 2.24) is 10.2 Å². The Morgan fingerprint density at radius 2 is 1.88 bits per heavy atom. The third-order valence-electron chi connectivity index (χ3n) is 1.66. The number of benzene rings is 1. The van der Waals surface area contributed by atoms with Crippen molar-refractivity contribution in [2.75, 3.05) is 0 Å². The summed E-state index contributed by atoms with van der Waals surface area (Å²) in [5.41, 5.74) is 5.41. The van der Waals surface area contributed by atoms with Crippen molar-refractivity contribution >= 4 is 34.5 Å². The van der Waals surface area contributed by atoms with Gasteiger partial charge in [-0.05, 0) is 18.2 Å². The van der Waals surface area contributed by atoms with Crippen LogP contribution < -0.4 is 10.5 Å². The Bertz CT molecular complexity index is 483. The minimum atomic E-state index is 0.345. The normalized spacial score (nSPS) is 10.4. The second-order valence-electron chi connectivity index (χ2n) is 2.87. The van der Waals surface area contributed by atoms with Crippen molar-refractivity contribution < 1.29 is 4.74 Å². The van der Waals surface area contributed by atoms with Gasteiger partial charge in [0.2, 0.25) is 0 Å². The Labute approximate surface area is 106 Å². The van der Waals surface area contributed by atoms with Crippen molar-refractivity contribution in [2.45, 2.75) is 6.54 Å². The van der Waals surface area contributed by atoms with E-state index in [1.54, 1.807) is 18.2 Å². The molecular weight excluding hydrogens is 269 g/mol. The lowest BCUT2D eigenvalue weighted by molar-refractivity contribution is 0.473. The summed E-state index contributed by atoms with van der Waals surface area (Å²) in [6.07, 6.45) is 0. The first-order valence-electron chi connectivity index (χ1n) is 4.34. The quantitative estimate of drug-likeness (QED) is 0.935. The number of ether oxygens (including phenoxy) is 1. The number of halogens is 2. The topological polar surface area (TPSA) is 61.0 Å². The van der Waals surface area contributed by atoms with Crippen LogP contribution in [0.2, 0.25) is 10.0 Å². The average Bonchev–Trinajstić information content (AvgIpc) is 2.64. The molecule has 1 aromatic heterocycles. The lowest BCUT2D eigenvalue weighted by atomic mass is 10.3. The Balaban J connectivity index is 2.19. The Morgan fingerprint density at radius 1 is 1.19 bits per heavy atom. The van der Waals surface area contributed by atoms with E-state index in [9.17, 15) is 0 Å². The van der Waals surface area contributed by atoms with Crippen molar-refractivity contribution in [3.8, 4) is 10.9 Å². The smallest absolute Gasteiger partial charge is 0.299 e. The molecule has 1 aromatic carbocycles. The molecule has 0 saturated carbocycles. The fourth-order valence-electron chi connectivity index (χ4n) is 1.05. The van der Waals surface area contributed by atoms with Gasteiger partial charge in [0.05, 0.1) is 0 Å². The van der Waals surface area contributed by atoms with E-state index in [1.807, 2.05) is 0 Å². The summed E-state index contributed by atoms with van der Waals surface area (Å²) in [6.45, 7) is 0.345. The van der Waals surface area contributed by atoms with E-state index in [4.69, 9.17) is 33.7 Å². The summed E-state index contributed by atoms with van der Waals surface area (Å²) in [5, 5.41) is 9.79. The van der Waals surface area contributed by atoms with Gasteiger partial charge in [-0.3, -0.25) is 0 Å². The largest absolute Gasteiger partial charge is 0.430 e. The zero-order valence-electron chi connectivity index (χ0n) is 7.98. The molecule has 0 spiro atoms. The van der Waals surface area contributed by atoms with Crippen molar-refractivity contribution in [1.29, 1.82) is 0 Å². The van der Waals surface area contributed by atoms with Crippen molar-refractivity contribution in [3.05, 3.63) is 33.3 Å². The predicted octanol–water partition coefficient (Wildman–Crippen LogP) is 3.10. The molecule has 2 N–H and O–H groups in total. The molecule has 2 aromatic rings. The van der Waals surface area contributed by atoms with Gasteiger partial charge in [-0.25, -0.2) is 0 Å². The van der Waals surface area contributed by atoms with Crippen LogP contribution in [-0.4, -0.2) is 10.2 Å². The molecule has 16 heavy (non-hydrogen) atoms. The van der Waals surface area contributed by atoms with Crippen LogP contribution >= 0.6 is 34.5 Å². The van der Waals surface area contributed by atoms with Gasteiger partial charge in [0.1, 0.15) is 10.8 Å². The van der Waals surface area contributed by atoms with Crippen LogP contribution in [0.25, 0.3) is 0 Å². The predicted molar refractivity (Wildman–Crippen MR) is 64.3 cm³/mol. The molecule has 4 nitrogen and oxygen atoms in total. The van der Waals surface area contributed by atoms with Gasteiger partial charge in [0, 0.05) is 16.6 Å². The first-order valence-corrected chi connectivity index (χ1v) is 5.91. The first-order chi connectivity index (χ1) is 7.67. The van der Waals surface area contributed by atoms with Crippen LogP contribution in [-0.2, 0) is 6.54 Å². The zero-order chi connectivity index (χ0) is 11.5. The average molecular weight is 276 g/mol. The standard InChI is InChI=1S/C9H7Cl2N3OS/c10-5-1-6(11)3-7(2-5)15-9-14-13-8(4-12)16-9/h1-3H,4,12H2.